The number of fused-ring (bicyclic) bond motifs is 1. The Bertz CT molecular complexity index is 794. The molecule has 0 heterocycles. The fourth-order valence-corrected chi connectivity index (χ4v) is 2.65. The first-order chi connectivity index (χ1) is 11.3. The maximum atomic E-state index is 12.5. The molecule has 0 saturated carbocycles. The van der Waals surface area contributed by atoms with Crippen LogP contribution in [-0.2, 0) is 4.79 Å². The number of carbonyl (C=O) groups is 1. The summed E-state index contributed by atoms with van der Waals surface area (Å²) in [6.07, 6.45) is 0. The van der Waals surface area contributed by atoms with Gasteiger partial charge in [0.2, 0.25) is 0 Å². The molecular weight excluding hydrogens is 286 g/mol. The summed E-state index contributed by atoms with van der Waals surface area (Å²) < 4.78 is 5.79. The summed E-state index contributed by atoms with van der Waals surface area (Å²) in [5.74, 6) is 0.687. The number of carbonyl (C=O) groups excluding carboxylic acids is 1. The van der Waals surface area contributed by atoms with Gasteiger partial charge in [-0.25, -0.2) is 0 Å². The van der Waals surface area contributed by atoms with Crippen molar-refractivity contribution in [3.8, 4) is 5.75 Å². The number of benzene rings is 3. The van der Waals surface area contributed by atoms with Crippen LogP contribution in [0.25, 0.3) is 10.8 Å². The maximum absolute atomic E-state index is 12.5. The molecule has 0 radical (unpaired) electrons. The van der Waals surface area contributed by atoms with Crippen LogP contribution in [0.15, 0.2) is 72.8 Å². The van der Waals surface area contributed by atoms with Crippen LogP contribution in [0.4, 0.5) is 5.69 Å². The first-order valence-electron chi connectivity index (χ1n) is 7.75. The van der Waals surface area contributed by atoms with Gasteiger partial charge in [0.05, 0.1) is 0 Å². The lowest BCUT2D eigenvalue weighted by atomic mass is 10.1. The van der Waals surface area contributed by atoms with Crippen LogP contribution in [0.2, 0.25) is 0 Å². The molecule has 23 heavy (non-hydrogen) atoms. The first-order valence-corrected chi connectivity index (χ1v) is 7.75. The van der Waals surface area contributed by atoms with Gasteiger partial charge < -0.3 is 9.64 Å². The van der Waals surface area contributed by atoms with Gasteiger partial charge in [0.1, 0.15) is 5.75 Å². The van der Waals surface area contributed by atoms with Crippen molar-refractivity contribution < 1.29 is 9.53 Å². The van der Waals surface area contributed by atoms with Gasteiger partial charge in [-0.15, -0.1) is 0 Å². The Morgan fingerprint density at radius 2 is 1.61 bits per heavy atom. The molecule has 0 saturated heterocycles. The molecule has 0 aliphatic heterocycles. The lowest BCUT2D eigenvalue weighted by Crippen LogP contribution is -2.34. The van der Waals surface area contributed by atoms with E-state index in [1.54, 1.807) is 4.90 Å². The van der Waals surface area contributed by atoms with Gasteiger partial charge in [-0.05, 0) is 30.5 Å². The smallest absolute Gasteiger partial charge is 0.264 e. The van der Waals surface area contributed by atoms with Crippen LogP contribution in [0.5, 0.6) is 5.75 Å². The zero-order valence-corrected chi connectivity index (χ0v) is 13.1. The zero-order valence-electron chi connectivity index (χ0n) is 13.1. The minimum atomic E-state index is -0.0494. The number of nitrogens with zero attached hydrogens (tertiary/aromatic N) is 1. The zero-order chi connectivity index (χ0) is 16.1. The standard InChI is InChI=1S/C20H19NO2/c1-2-21(17-11-4-3-5-12-17)20(22)15-23-19-14-8-10-16-9-6-7-13-18(16)19/h3-14H,2,15H2,1H3. The number of amides is 1. The largest absolute Gasteiger partial charge is 0.483 e. The molecule has 0 unspecified atom stereocenters. The Hall–Kier alpha value is -2.81. The van der Waals surface area contributed by atoms with Crippen molar-refractivity contribution in [3.63, 3.8) is 0 Å². The third-order valence-electron chi connectivity index (χ3n) is 3.79. The van der Waals surface area contributed by atoms with Gasteiger partial charge in [0.15, 0.2) is 6.61 Å². The Kier molecular flexibility index (Phi) is 4.57. The maximum Gasteiger partial charge on any atom is 0.264 e. The highest BCUT2D eigenvalue weighted by Crippen LogP contribution is 2.25. The second-order valence-electron chi connectivity index (χ2n) is 5.24. The number of hydrogen-bond acceptors (Lipinski definition) is 2. The van der Waals surface area contributed by atoms with Crippen LogP contribution in [0, 0.1) is 0 Å². The second-order valence-corrected chi connectivity index (χ2v) is 5.24. The molecule has 0 atom stereocenters. The van der Waals surface area contributed by atoms with E-state index >= 15 is 0 Å². The molecule has 1 amide bonds. The van der Waals surface area contributed by atoms with Crippen LogP contribution >= 0.6 is 0 Å². The molecule has 0 N–H and O–H groups in total. The summed E-state index contributed by atoms with van der Waals surface area (Å²) in [4.78, 5) is 14.2. The molecule has 3 aromatic rings. The van der Waals surface area contributed by atoms with Crippen molar-refractivity contribution in [1.29, 1.82) is 0 Å². The summed E-state index contributed by atoms with van der Waals surface area (Å²) in [5, 5.41) is 2.12. The molecule has 0 aliphatic carbocycles. The topological polar surface area (TPSA) is 29.5 Å². The normalized spacial score (nSPS) is 10.5. The minimum Gasteiger partial charge on any atom is -0.483 e. The number of para-hydroxylation sites is 1. The molecule has 0 fully saturated rings. The molecule has 3 aromatic carbocycles. The second kappa shape index (κ2) is 6.97. The van der Waals surface area contributed by atoms with E-state index in [1.807, 2.05) is 79.7 Å². The Balaban J connectivity index is 1.75. The molecule has 0 aromatic heterocycles. The van der Waals surface area contributed by atoms with Gasteiger partial charge in [-0.1, -0.05) is 54.6 Å². The van der Waals surface area contributed by atoms with Crippen molar-refractivity contribution in [3.05, 3.63) is 72.8 Å². The van der Waals surface area contributed by atoms with Gasteiger partial charge in [0, 0.05) is 17.6 Å². The van der Waals surface area contributed by atoms with E-state index in [0.29, 0.717) is 6.54 Å². The van der Waals surface area contributed by atoms with Crippen LogP contribution in [-0.4, -0.2) is 19.1 Å². The van der Waals surface area contributed by atoms with E-state index in [0.717, 1.165) is 22.2 Å². The number of likely N-dealkylation sites (N-methyl/N-ethyl adjacent to an activating group) is 1. The Labute approximate surface area is 136 Å². The summed E-state index contributed by atoms with van der Waals surface area (Å²) >= 11 is 0. The van der Waals surface area contributed by atoms with E-state index < -0.39 is 0 Å². The van der Waals surface area contributed by atoms with Gasteiger partial charge >= 0.3 is 0 Å². The predicted octanol–water partition coefficient (Wildman–Crippen LogP) is 4.27. The summed E-state index contributed by atoms with van der Waals surface area (Å²) in [6.45, 7) is 2.60. The third-order valence-corrected chi connectivity index (χ3v) is 3.79. The summed E-state index contributed by atoms with van der Waals surface area (Å²) in [7, 11) is 0. The number of ether oxygens (including phenoxy) is 1. The molecule has 3 heteroatoms. The molecule has 0 spiro atoms. The van der Waals surface area contributed by atoms with E-state index in [-0.39, 0.29) is 12.5 Å². The van der Waals surface area contributed by atoms with E-state index in [2.05, 4.69) is 0 Å². The SMILES string of the molecule is CCN(C(=O)COc1cccc2ccccc12)c1ccccc1. The lowest BCUT2D eigenvalue weighted by Gasteiger charge is -2.21. The summed E-state index contributed by atoms with van der Waals surface area (Å²) in [5.41, 5.74) is 0.890. The van der Waals surface area contributed by atoms with Crippen molar-refractivity contribution in [2.24, 2.45) is 0 Å². The molecular formula is C20H19NO2. The fourth-order valence-electron chi connectivity index (χ4n) is 2.65. The fraction of sp³-hybridized carbons (Fsp3) is 0.150. The van der Waals surface area contributed by atoms with Gasteiger partial charge in [-0.3, -0.25) is 4.79 Å². The number of hydrogen-bond donors (Lipinski definition) is 0. The Morgan fingerprint density at radius 1 is 0.913 bits per heavy atom. The molecule has 0 bridgehead atoms. The molecule has 0 aliphatic rings. The van der Waals surface area contributed by atoms with Crippen LogP contribution in [0.1, 0.15) is 6.92 Å². The van der Waals surface area contributed by atoms with Crippen molar-refractivity contribution in [1.82, 2.24) is 0 Å². The quantitative estimate of drug-likeness (QED) is 0.704. The average molecular weight is 305 g/mol. The predicted molar refractivity (Wildman–Crippen MR) is 93.9 cm³/mol. The average Bonchev–Trinajstić information content (AvgIpc) is 2.61. The highest BCUT2D eigenvalue weighted by atomic mass is 16.5. The summed E-state index contributed by atoms with van der Waals surface area (Å²) in [6, 6.07) is 23.5. The Morgan fingerprint density at radius 3 is 2.39 bits per heavy atom. The molecule has 116 valence electrons. The van der Waals surface area contributed by atoms with E-state index in [9.17, 15) is 4.79 Å². The van der Waals surface area contributed by atoms with Gasteiger partial charge in [-0.2, -0.15) is 0 Å². The van der Waals surface area contributed by atoms with Crippen LogP contribution in [0.3, 0.4) is 0 Å². The molecule has 3 rings (SSSR count). The minimum absolute atomic E-state index is 0.0245. The molecule has 3 nitrogen and oxygen atoms in total. The van der Waals surface area contributed by atoms with Crippen molar-refractivity contribution in [2.75, 3.05) is 18.1 Å². The number of rotatable bonds is 5. The monoisotopic (exact) mass is 305 g/mol. The number of anilines is 1. The highest BCUT2D eigenvalue weighted by molar-refractivity contribution is 5.95. The van der Waals surface area contributed by atoms with E-state index in [4.69, 9.17) is 4.74 Å². The highest BCUT2D eigenvalue weighted by Gasteiger charge is 2.14. The first kappa shape index (κ1) is 15.1. The lowest BCUT2D eigenvalue weighted by molar-refractivity contribution is -0.120. The van der Waals surface area contributed by atoms with Crippen LogP contribution < -0.4 is 9.64 Å². The van der Waals surface area contributed by atoms with E-state index in [1.165, 1.54) is 0 Å². The van der Waals surface area contributed by atoms with Gasteiger partial charge in [0.25, 0.3) is 5.91 Å². The van der Waals surface area contributed by atoms with Crippen molar-refractivity contribution in [2.45, 2.75) is 6.92 Å². The third kappa shape index (κ3) is 3.34. The van der Waals surface area contributed by atoms with Crippen molar-refractivity contribution >= 4 is 22.4 Å².